The van der Waals surface area contributed by atoms with Gasteiger partial charge in [0.05, 0.1) is 36.9 Å². The average molecular weight is 783 g/mol. The molecule has 312 valence electrons. The van der Waals surface area contributed by atoms with Crippen LogP contribution in [0.4, 0.5) is 0 Å². The van der Waals surface area contributed by atoms with E-state index in [-0.39, 0.29) is 54.1 Å². The number of esters is 1. The molecule has 0 amide bonds. The molecule has 1 aliphatic rings. The van der Waals surface area contributed by atoms with Crippen molar-refractivity contribution in [3.63, 3.8) is 0 Å². The molecule has 53 heavy (non-hydrogen) atoms. The summed E-state index contributed by atoms with van der Waals surface area (Å²) in [6.07, 6.45) is 8.00. The van der Waals surface area contributed by atoms with Crippen molar-refractivity contribution in [1.29, 1.82) is 0 Å². The predicted molar refractivity (Wildman–Crippen MR) is 228 cm³/mol. The molecular formula is C44H86O7Si2. The fourth-order valence-electron chi connectivity index (χ4n) is 8.34. The van der Waals surface area contributed by atoms with Gasteiger partial charge in [-0.1, -0.05) is 107 Å². The fourth-order valence-corrected chi connectivity index (χ4v) is 15.7. The van der Waals surface area contributed by atoms with Gasteiger partial charge in [-0.05, 0) is 95.6 Å². The number of rotatable bonds is 23. The van der Waals surface area contributed by atoms with Crippen molar-refractivity contribution in [3.05, 3.63) is 23.8 Å². The number of allylic oxidation sites excluding steroid dienone is 3. The number of carbonyl (C=O) groups is 1. The first kappa shape index (κ1) is 50.2. The Labute approximate surface area is 330 Å². The van der Waals surface area contributed by atoms with E-state index < -0.39 is 27.8 Å². The van der Waals surface area contributed by atoms with E-state index in [1.165, 1.54) is 5.57 Å². The number of hydrogen-bond acceptors (Lipinski definition) is 7. The molecule has 1 saturated heterocycles. The smallest absolute Gasteiger partial charge is 0.311 e. The van der Waals surface area contributed by atoms with Crippen LogP contribution in [0.3, 0.4) is 0 Å². The van der Waals surface area contributed by atoms with E-state index in [2.05, 4.69) is 108 Å². The molecule has 7 nitrogen and oxygen atoms in total. The molecule has 0 saturated carbocycles. The van der Waals surface area contributed by atoms with Crippen LogP contribution < -0.4 is 0 Å². The Hall–Kier alpha value is -0.816. The molecular weight excluding hydrogens is 697 g/mol. The van der Waals surface area contributed by atoms with Crippen LogP contribution >= 0.6 is 0 Å². The maximum atomic E-state index is 13.0. The third-order valence-corrected chi connectivity index (χ3v) is 22.8. The van der Waals surface area contributed by atoms with E-state index in [0.29, 0.717) is 24.3 Å². The predicted octanol–water partition coefficient (Wildman–Crippen LogP) is 12.1. The summed E-state index contributed by atoms with van der Waals surface area (Å²) in [7, 11) is -2.47. The summed E-state index contributed by atoms with van der Waals surface area (Å²) in [5.74, 6) is -0.140. The van der Waals surface area contributed by atoms with Gasteiger partial charge in [0.2, 0.25) is 0 Å². The first-order valence-electron chi connectivity index (χ1n) is 21.2. The van der Waals surface area contributed by atoms with Gasteiger partial charge in [0, 0.05) is 24.9 Å². The molecule has 1 heterocycles. The van der Waals surface area contributed by atoms with Crippen molar-refractivity contribution >= 4 is 22.6 Å². The Bertz CT molecular complexity index is 1120. The van der Waals surface area contributed by atoms with Gasteiger partial charge in [0.15, 0.2) is 22.4 Å². The molecule has 0 aliphatic carbocycles. The molecule has 0 aromatic carbocycles. The van der Waals surface area contributed by atoms with Crippen LogP contribution in [0, 0.1) is 29.1 Å². The highest BCUT2D eigenvalue weighted by Crippen LogP contribution is 2.42. The van der Waals surface area contributed by atoms with Crippen molar-refractivity contribution in [2.45, 2.75) is 203 Å². The van der Waals surface area contributed by atoms with E-state index in [0.717, 1.165) is 37.0 Å². The largest absolute Gasteiger partial charge is 0.465 e. The second kappa shape index (κ2) is 22.2. The first-order valence-corrected chi connectivity index (χ1v) is 26.0. The van der Waals surface area contributed by atoms with E-state index in [9.17, 15) is 4.79 Å². The lowest BCUT2D eigenvalue weighted by Crippen LogP contribution is -2.54. The van der Waals surface area contributed by atoms with Crippen LogP contribution in [0.15, 0.2) is 23.8 Å². The summed E-state index contributed by atoms with van der Waals surface area (Å²) in [5, 5.41) is 0. The topological polar surface area (TPSA) is 72.5 Å². The highest BCUT2D eigenvalue weighted by molar-refractivity contribution is 6.75. The van der Waals surface area contributed by atoms with E-state index in [4.69, 9.17) is 27.8 Å². The highest BCUT2D eigenvalue weighted by atomic mass is 28.4. The maximum absolute atomic E-state index is 13.0. The third-order valence-electron chi connectivity index (χ3n) is 12.4. The van der Waals surface area contributed by atoms with E-state index in [1.54, 1.807) is 7.11 Å². The molecule has 0 aromatic rings. The SMILES string of the molecule is CC[C@@H]([C@@H](O[Si](CC)(CC)C(C)C)[C@H](C)C/C(C)=C/C=C/[C@H](OC)[C@@H]1OC(C)(C)OC[C@@H]1C)[C@H](O[Si](CC)(CC)C(C)C)[C@H](C)COC(=O)C(C)(C)C. The monoisotopic (exact) mass is 783 g/mol. The number of methoxy groups -OCH3 is 1. The number of carbonyl (C=O) groups excluding carboxylic acids is 1. The Kier molecular flexibility index (Phi) is 21.0. The van der Waals surface area contributed by atoms with Crippen LogP contribution in [-0.2, 0) is 32.6 Å². The second-order valence-corrected chi connectivity index (χ2v) is 28.3. The van der Waals surface area contributed by atoms with Gasteiger partial charge >= 0.3 is 5.97 Å². The maximum Gasteiger partial charge on any atom is 0.311 e. The second-order valence-electron chi connectivity index (χ2n) is 18.5. The van der Waals surface area contributed by atoms with Crippen molar-refractivity contribution in [3.8, 4) is 0 Å². The molecule has 0 aromatic heterocycles. The van der Waals surface area contributed by atoms with Crippen molar-refractivity contribution in [2.75, 3.05) is 20.3 Å². The van der Waals surface area contributed by atoms with Gasteiger partial charge in [0.25, 0.3) is 0 Å². The van der Waals surface area contributed by atoms with Crippen LogP contribution in [0.5, 0.6) is 0 Å². The lowest BCUT2D eigenvalue weighted by Gasteiger charge is -2.48. The molecule has 0 radical (unpaired) electrons. The van der Waals surface area contributed by atoms with Crippen LogP contribution in [0.25, 0.3) is 0 Å². The van der Waals surface area contributed by atoms with E-state index >= 15 is 0 Å². The van der Waals surface area contributed by atoms with Crippen molar-refractivity contribution in [1.82, 2.24) is 0 Å². The highest BCUT2D eigenvalue weighted by Gasteiger charge is 2.47. The van der Waals surface area contributed by atoms with Gasteiger partial charge in [-0.2, -0.15) is 0 Å². The minimum atomic E-state index is -2.12. The molecule has 9 heteroatoms. The molecule has 0 unspecified atom stereocenters. The molecule has 8 atom stereocenters. The Morgan fingerprint density at radius 2 is 1.36 bits per heavy atom. The molecule has 1 fully saturated rings. The fraction of sp³-hybridized carbons (Fsp3) is 0.886. The van der Waals surface area contributed by atoms with Gasteiger partial charge in [-0.15, -0.1) is 0 Å². The number of hydrogen-bond donors (Lipinski definition) is 0. The molecule has 1 rings (SSSR count). The number of ether oxygens (including phenoxy) is 4. The summed E-state index contributed by atoms with van der Waals surface area (Å²) in [6.45, 7) is 40.7. The van der Waals surface area contributed by atoms with Gasteiger partial charge < -0.3 is 27.8 Å². The van der Waals surface area contributed by atoms with Gasteiger partial charge in [0.1, 0.15) is 6.10 Å². The summed E-state index contributed by atoms with van der Waals surface area (Å²) in [5.41, 5.74) is 1.72. The van der Waals surface area contributed by atoms with Gasteiger partial charge in [-0.25, -0.2) is 0 Å². The minimum absolute atomic E-state index is 0.00471. The molecule has 1 aliphatic heterocycles. The Balaban J connectivity index is 3.68. The van der Waals surface area contributed by atoms with Gasteiger partial charge in [-0.3, -0.25) is 4.79 Å². The zero-order valence-electron chi connectivity index (χ0n) is 38.0. The molecule has 0 N–H and O–H groups in total. The average Bonchev–Trinajstić information content (AvgIpc) is 3.09. The van der Waals surface area contributed by atoms with Crippen molar-refractivity contribution in [2.24, 2.45) is 29.1 Å². The third kappa shape index (κ3) is 14.3. The Morgan fingerprint density at radius 1 is 0.868 bits per heavy atom. The molecule has 0 bridgehead atoms. The molecule has 0 spiro atoms. The first-order chi connectivity index (χ1) is 24.5. The van der Waals surface area contributed by atoms with Crippen LogP contribution in [0.2, 0.25) is 35.3 Å². The van der Waals surface area contributed by atoms with E-state index in [1.807, 2.05) is 34.6 Å². The summed E-state index contributed by atoms with van der Waals surface area (Å²) >= 11 is 0. The normalized spacial score (nSPS) is 22.5. The summed E-state index contributed by atoms with van der Waals surface area (Å²) < 4.78 is 39.5. The standard InChI is InChI=1S/C44H86O7Si2/c1-20-37(40(51-53(23-4,24-5)32(8)9)35(12)29-47-42(45)43(14,15)16)39(50-52(21-2,22-3)31(6)7)34(11)28-33(10)26-25-27-38(46-19)41-36(13)30-48-44(17,18)49-41/h25-27,31-32,34-41H,20-24,28-30H2,1-19H3/b27-25+,33-26+/t34-,35-,36+,37+,38+,39+,40-,41-/m1/s1. The lowest BCUT2D eigenvalue weighted by molar-refractivity contribution is -0.303. The minimum Gasteiger partial charge on any atom is -0.465 e. The lowest BCUT2D eigenvalue weighted by atomic mass is 9.79. The van der Waals surface area contributed by atoms with Crippen LogP contribution in [0.1, 0.15) is 137 Å². The Morgan fingerprint density at radius 3 is 1.77 bits per heavy atom. The zero-order valence-corrected chi connectivity index (χ0v) is 40.0. The van der Waals surface area contributed by atoms with Crippen LogP contribution in [-0.4, -0.2) is 73.1 Å². The zero-order chi connectivity index (χ0) is 40.9. The quantitative estimate of drug-likeness (QED) is 0.0580. The summed E-state index contributed by atoms with van der Waals surface area (Å²) in [6, 6.07) is 4.28. The summed E-state index contributed by atoms with van der Waals surface area (Å²) in [4.78, 5) is 13.0. The van der Waals surface area contributed by atoms with Crippen molar-refractivity contribution < 1.29 is 32.6 Å².